The zero-order valence-corrected chi connectivity index (χ0v) is 16.4. The third-order valence-electron chi connectivity index (χ3n) is 3.55. The molecule has 2 N–H and O–H groups in total. The standard InChI is InChI=1S/C18H12Br2N2O4/c19-13-4-2-1-3-11(13)9-26-15-6-5-10(8-14(15)20)7-12-16(23)21-18(25)22-17(12)24/h1-8H,9H2,(H2,21,22,23,24,25). The number of barbiturate groups is 1. The first-order valence-electron chi connectivity index (χ1n) is 7.48. The van der Waals surface area contributed by atoms with E-state index in [9.17, 15) is 14.4 Å². The molecule has 0 radical (unpaired) electrons. The number of hydrogen-bond donors (Lipinski definition) is 2. The van der Waals surface area contributed by atoms with Crippen LogP contribution >= 0.6 is 31.9 Å². The number of halogens is 2. The maximum atomic E-state index is 11.8. The molecule has 2 aromatic carbocycles. The van der Waals surface area contributed by atoms with E-state index in [-0.39, 0.29) is 5.57 Å². The second-order valence-electron chi connectivity index (χ2n) is 5.37. The number of urea groups is 1. The molecule has 0 aliphatic carbocycles. The highest BCUT2D eigenvalue weighted by Gasteiger charge is 2.27. The normalized spacial score (nSPS) is 13.9. The van der Waals surface area contributed by atoms with Crippen LogP contribution in [0.15, 0.2) is 57.0 Å². The number of benzene rings is 2. The molecule has 1 saturated heterocycles. The van der Waals surface area contributed by atoms with E-state index in [1.165, 1.54) is 6.08 Å². The van der Waals surface area contributed by atoms with E-state index < -0.39 is 17.8 Å². The molecule has 0 spiro atoms. The third kappa shape index (κ3) is 4.20. The zero-order valence-electron chi connectivity index (χ0n) is 13.2. The van der Waals surface area contributed by atoms with E-state index in [2.05, 4.69) is 31.9 Å². The monoisotopic (exact) mass is 478 g/mol. The molecule has 1 heterocycles. The van der Waals surface area contributed by atoms with Gasteiger partial charge >= 0.3 is 6.03 Å². The van der Waals surface area contributed by atoms with E-state index in [1.54, 1.807) is 18.2 Å². The summed E-state index contributed by atoms with van der Waals surface area (Å²) in [7, 11) is 0. The Bertz CT molecular complexity index is 919. The molecule has 1 fully saturated rings. The highest BCUT2D eigenvalue weighted by Crippen LogP contribution is 2.28. The molecule has 0 aromatic heterocycles. The molecule has 0 saturated carbocycles. The van der Waals surface area contributed by atoms with Crippen LogP contribution in [0.5, 0.6) is 5.75 Å². The molecule has 2 aromatic rings. The van der Waals surface area contributed by atoms with E-state index in [0.29, 0.717) is 22.4 Å². The maximum absolute atomic E-state index is 11.8. The van der Waals surface area contributed by atoms with Crippen molar-refractivity contribution in [3.05, 3.63) is 68.1 Å². The van der Waals surface area contributed by atoms with Crippen LogP contribution in [0.1, 0.15) is 11.1 Å². The second kappa shape index (κ2) is 7.84. The van der Waals surface area contributed by atoms with Gasteiger partial charge in [-0.2, -0.15) is 0 Å². The fraction of sp³-hybridized carbons (Fsp3) is 0.0556. The van der Waals surface area contributed by atoms with Crippen LogP contribution in [-0.4, -0.2) is 17.8 Å². The molecule has 0 bridgehead atoms. The molecule has 1 aliphatic rings. The van der Waals surface area contributed by atoms with Crippen molar-refractivity contribution in [2.45, 2.75) is 6.61 Å². The summed E-state index contributed by atoms with van der Waals surface area (Å²) >= 11 is 6.89. The number of rotatable bonds is 4. The highest BCUT2D eigenvalue weighted by atomic mass is 79.9. The fourth-order valence-electron chi connectivity index (χ4n) is 2.27. The Kier molecular flexibility index (Phi) is 5.53. The number of ether oxygens (including phenoxy) is 1. The van der Waals surface area contributed by atoms with E-state index >= 15 is 0 Å². The lowest BCUT2D eigenvalue weighted by atomic mass is 10.1. The first kappa shape index (κ1) is 18.3. The van der Waals surface area contributed by atoms with Crippen LogP contribution in [0.2, 0.25) is 0 Å². The minimum atomic E-state index is -0.825. The largest absolute Gasteiger partial charge is 0.488 e. The minimum absolute atomic E-state index is 0.140. The molecule has 1 aliphatic heterocycles. The lowest BCUT2D eigenvalue weighted by molar-refractivity contribution is -0.123. The number of carbonyl (C=O) groups excluding carboxylic acids is 3. The Balaban J connectivity index is 1.76. The van der Waals surface area contributed by atoms with Gasteiger partial charge in [-0.3, -0.25) is 20.2 Å². The molecule has 3 rings (SSSR count). The maximum Gasteiger partial charge on any atom is 0.328 e. The van der Waals surface area contributed by atoms with E-state index in [0.717, 1.165) is 10.0 Å². The van der Waals surface area contributed by atoms with Crippen molar-refractivity contribution in [2.24, 2.45) is 0 Å². The number of carbonyl (C=O) groups is 3. The predicted octanol–water partition coefficient (Wildman–Crippen LogP) is 3.54. The topological polar surface area (TPSA) is 84.5 Å². The summed E-state index contributed by atoms with van der Waals surface area (Å²) in [4.78, 5) is 34.6. The van der Waals surface area contributed by atoms with Crippen LogP contribution < -0.4 is 15.4 Å². The third-order valence-corrected chi connectivity index (χ3v) is 4.94. The number of amides is 4. The molecule has 4 amide bonds. The van der Waals surface area contributed by atoms with E-state index in [4.69, 9.17) is 4.74 Å². The molecular formula is C18H12Br2N2O4. The Morgan fingerprint density at radius 3 is 2.27 bits per heavy atom. The van der Waals surface area contributed by atoms with Crippen LogP contribution in [0.25, 0.3) is 6.08 Å². The first-order valence-corrected chi connectivity index (χ1v) is 9.07. The molecular weight excluding hydrogens is 468 g/mol. The SMILES string of the molecule is O=C1NC(=O)C(=Cc2ccc(OCc3ccccc3Br)c(Br)c2)C(=O)N1. The van der Waals surface area contributed by atoms with Gasteiger partial charge < -0.3 is 4.74 Å². The molecule has 8 heteroatoms. The van der Waals surface area contributed by atoms with Gasteiger partial charge in [-0.15, -0.1) is 0 Å². The quantitative estimate of drug-likeness (QED) is 0.518. The van der Waals surface area contributed by atoms with Crippen molar-refractivity contribution < 1.29 is 19.1 Å². The Labute approximate surface area is 165 Å². The highest BCUT2D eigenvalue weighted by molar-refractivity contribution is 9.10. The number of imide groups is 2. The summed E-state index contributed by atoms with van der Waals surface area (Å²) in [6, 6.07) is 12.1. The molecule has 26 heavy (non-hydrogen) atoms. The lowest BCUT2D eigenvalue weighted by Crippen LogP contribution is -2.51. The summed E-state index contributed by atoms with van der Waals surface area (Å²) < 4.78 is 7.44. The zero-order chi connectivity index (χ0) is 18.7. The van der Waals surface area contributed by atoms with Gasteiger partial charge in [-0.05, 0) is 45.8 Å². The van der Waals surface area contributed by atoms with Gasteiger partial charge in [0.1, 0.15) is 17.9 Å². The lowest BCUT2D eigenvalue weighted by Gasteiger charge is -2.14. The molecule has 6 nitrogen and oxygen atoms in total. The molecule has 132 valence electrons. The fourth-order valence-corrected chi connectivity index (χ4v) is 3.18. The van der Waals surface area contributed by atoms with Gasteiger partial charge in [0.2, 0.25) is 0 Å². The van der Waals surface area contributed by atoms with Crippen LogP contribution in [0, 0.1) is 0 Å². The number of nitrogens with one attached hydrogen (secondary N) is 2. The van der Waals surface area contributed by atoms with Gasteiger partial charge in [0.25, 0.3) is 11.8 Å². The van der Waals surface area contributed by atoms with Crippen LogP contribution in [0.3, 0.4) is 0 Å². The second-order valence-corrected chi connectivity index (χ2v) is 7.07. The van der Waals surface area contributed by atoms with Crippen molar-refractivity contribution in [3.63, 3.8) is 0 Å². The van der Waals surface area contributed by atoms with Gasteiger partial charge in [-0.1, -0.05) is 40.2 Å². The van der Waals surface area contributed by atoms with Gasteiger partial charge in [-0.25, -0.2) is 4.79 Å². The van der Waals surface area contributed by atoms with Crippen molar-refractivity contribution >= 4 is 55.8 Å². The summed E-state index contributed by atoms with van der Waals surface area (Å²) in [6.45, 7) is 0.382. The van der Waals surface area contributed by atoms with Crippen molar-refractivity contribution in [2.75, 3.05) is 0 Å². The molecule has 0 unspecified atom stereocenters. The van der Waals surface area contributed by atoms with Gasteiger partial charge in [0.05, 0.1) is 4.47 Å². The number of hydrogen-bond acceptors (Lipinski definition) is 4. The van der Waals surface area contributed by atoms with Crippen molar-refractivity contribution in [1.29, 1.82) is 0 Å². The summed E-state index contributed by atoms with van der Waals surface area (Å²) in [5, 5.41) is 4.06. The Morgan fingerprint density at radius 2 is 1.62 bits per heavy atom. The summed E-state index contributed by atoms with van der Waals surface area (Å²) in [5.74, 6) is -0.844. The predicted molar refractivity (Wildman–Crippen MR) is 102 cm³/mol. The first-order chi connectivity index (χ1) is 12.4. The summed E-state index contributed by atoms with van der Waals surface area (Å²) in [6.07, 6.45) is 1.40. The van der Waals surface area contributed by atoms with Crippen LogP contribution in [0.4, 0.5) is 4.79 Å². The minimum Gasteiger partial charge on any atom is -0.488 e. The summed E-state index contributed by atoms with van der Waals surface area (Å²) in [5.41, 5.74) is 1.48. The van der Waals surface area contributed by atoms with Gasteiger partial charge in [0.15, 0.2) is 0 Å². The van der Waals surface area contributed by atoms with Crippen molar-refractivity contribution in [1.82, 2.24) is 10.6 Å². The van der Waals surface area contributed by atoms with E-state index in [1.807, 2.05) is 34.9 Å². The van der Waals surface area contributed by atoms with Crippen molar-refractivity contribution in [3.8, 4) is 5.75 Å². The Hall–Kier alpha value is -2.45. The average Bonchev–Trinajstić information content (AvgIpc) is 2.58. The smallest absolute Gasteiger partial charge is 0.328 e. The molecule has 0 atom stereocenters. The Morgan fingerprint density at radius 1 is 0.923 bits per heavy atom. The van der Waals surface area contributed by atoms with Gasteiger partial charge in [0, 0.05) is 10.0 Å². The average molecular weight is 480 g/mol. The van der Waals surface area contributed by atoms with Crippen LogP contribution in [-0.2, 0) is 16.2 Å².